The summed E-state index contributed by atoms with van der Waals surface area (Å²) in [6.07, 6.45) is 2.90. The lowest BCUT2D eigenvalue weighted by Crippen LogP contribution is -1.87. The molecule has 0 amide bonds. The summed E-state index contributed by atoms with van der Waals surface area (Å²) >= 11 is 0. The highest BCUT2D eigenvalue weighted by Gasteiger charge is 1.90. The van der Waals surface area contributed by atoms with Crippen molar-refractivity contribution in [2.45, 2.75) is 19.5 Å². The predicted octanol–water partition coefficient (Wildman–Crippen LogP) is 1.97. The second-order valence-electron chi connectivity index (χ2n) is 1.99. The number of allylic oxidation sites excluding steroid dienone is 3. The lowest BCUT2D eigenvalue weighted by atomic mass is 9.97. The van der Waals surface area contributed by atoms with Crippen LogP contribution in [0.15, 0.2) is 24.2 Å². The van der Waals surface area contributed by atoms with E-state index >= 15 is 0 Å². The van der Waals surface area contributed by atoms with Gasteiger partial charge >= 0.3 is 0 Å². The highest BCUT2D eigenvalue weighted by Crippen LogP contribution is 1.97. The standard InChI is InChI=1S/C7H10BF/c1-6(8)4-3-5-7(2)9/h3-4,7H,1,5H2,2H3/b4-3-/t7-/m1/s1. The Labute approximate surface area is 56.9 Å². The molecule has 0 spiro atoms. The van der Waals surface area contributed by atoms with E-state index in [2.05, 4.69) is 6.58 Å². The molecule has 0 aliphatic rings. The molecule has 0 bridgehead atoms. The molecule has 1 atom stereocenters. The van der Waals surface area contributed by atoms with Gasteiger partial charge in [0.25, 0.3) is 0 Å². The van der Waals surface area contributed by atoms with Gasteiger partial charge in [-0.15, -0.1) is 12.1 Å². The van der Waals surface area contributed by atoms with E-state index in [0.717, 1.165) is 0 Å². The second kappa shape index (κ2) is 4.36. The molecule has 0 N–H and O–H groups in total. The monoisotopic (exact) mass is 124 g/mol. The molecule has 0 aromatic carbocycles. The Morgan fingerprint density at radius 1 is 1.89 bits per heavy atom. The van der Waals surface area contributed by atoms with Crippen LogP contribution in [-0.4, -0.2) is 14.0 Å². The van der Waals surface area contributed by atoms with E-state index in [1.807, 2.05) is 0 Å². The maximum Gasteiger partial charge on any atom is 0.112 e. The average Bonchev–Trinajstić information content (AvgIpc) is 1.63. The van der Waals surface area contributed by atoms with Crippen molar-refractivity contribution in [3.05, 3.63) is 24.2 Å². The fourth-order valence-corrected chi connectivity index (χ4v) is 0.407. The summed E-state index contributed by atoms with van der Waals surface area (Å²) in [6.45, 7) is 4.92. The highest BCUT2D eigenvalue weighted by molar-refractivity contribution is 6.22. The second-order valence-corrected chi connectivity index (χ2v) is 1.99. The molecule has 0 aliphatic heterocycles. The molecule has 0 saturated carbocycles. The molecule has 9 heavy (non-hydrogen) atoms. The van der Waals surface area contributed by atoms with Crippen molar-refractivity contribution >= 4 is 7.85 Å². The Morgan fingerprint density at radius 3 is 2.78 bits per heavy atom. The van der Waals surface area contributed by atoms with Crippen molar-refractivity contribution in [1.29, 1.82) is 0 Å². The molecule has 2 radical (unpaired) electrons. The Kier molecular flexibility index (Phi) is 4.11. The van der Waals surface area contributed by atoms with E-state index in [4.69, 9.17) is 7.85 Å². The van der Waals surface area contributed by atoms with Gasteiger partial charge in [-0.2, -0.15) is 0 Å². The van der Waals surface area contributed by atoms with Gasteiger partial charge in [0, 0.05) is 0 Å². The summed E-state index contributed by atoms with van der Waals surface area (Å²) in [7, 11) is 5.17. The maximum absolute atomic E-state index is 12.0. The predicted molar refractivity (Wildman–Crippen MR) is 39.2 cm³/mol. The number of hydrogen-bond acceptors (Lipinski definition) is 0. The molecular weight excluding hydrogens is 114 g/mol. The van der Waals surface area contributed by atoms with E-state index in [1.54, 1.807) is 12.2 Å². The minimum atomic E-state index is -0.791. The number of alkyl halides is 1. The summed E-state index contributed by atoms with van der Waals surface area (Å²) < 4.78 is 12.0. The Morgan fingerprint density at radius 2 is 2.44 bits per heavy atom. The fourth-order valence-electron chi connectivity index (χ4n) is 0.407. The maximum atomic E-state index is 12.0. The number of hydrogen-bond donors (Lipinski definition) is 0. The van der Waals surface area contributed by atoms with Gasteiger partial charge in [0.2, 0.25) is 0 Å². The molecule has 0 aromatic rings. The first-order valence-corrected chi connectivity index (χ1v) is 2.88. The van der Waals surface area contributed by atoms with Crippen molar-refractivity contribution in [1.82, 2.24) is 0 Å². The van der Waals surface area contributed by atoms with E-state index in [9.17, 15) is 4.39 Å². The van der Waals surface area contributed by atoms with Gasteiger partial charge in [0.05, 0.1) is 0 Å². The molecule has 0 fully saturated rings. The van der Waals surface area contributed by atoms with Crippen molar-refractivity contribution in [2.75, 3.05) is 0 Å². The fraction of sp³-hybridized carbons (Fsp3) is 0.429. The van der Waals surface area contributed by atoms with Gasteiger partial charge in [0.1, 0.15) is 14.0 Å². The average molecular weight is 124 g/mol. The zero-order chi connectivity index (χ0) is 7.28. The number of halogens is 1. The van der Waals surface area contributed by atoms with Crippen molar-refractivity contribution < 1.29 is 4.39 Å². The first-order valence-electron chi connectivity index (χ1n) is 2.88. The molecule has 0 heterocycles. The third kappa shape index (κ3) is 7.47. The zero-order valence-electron chi connectivity index (χ0n) is 5.60. The largest absolute Gasteiger partial charge is 0.247 e. The van der Waals surface area contributed by atoms with Crippen LogP contribution in [-0.2, 0) is 0 Å². The summed E-state index contributed by atoms with van der Waals surface area (Å²) in [5.74, 6) is 0. The molecule has 0 aliphatic carbocycles. The van der Waals surface area contributed by atoms with Crippen molar-refractivity contribution in [3.63, 3.8) is 0 Å². The zero-order valence-corrected chi connectivity index (χ0v) is 5.60. The molecule has 48 valence electrons. The SMILES string of the molecule is [B]C(=C)/C=C\C[C@@H](C)F. The van der Waals surface area contributed by atoms with E-state index in [1.165, 1.54) is 6.92 Å². The summed E-state index contributed by atoms with van der Waals surface area (Å²) in [5.41, 5.74) is 0.468. The van der Waals surface area contributed by atoms with Crippen LogP contribution in [0.25, 0.3) is 0 Å². The molecule has 0 nitrogen and oxygen atoms in total. The van der Waals surface area contributed by atoms with Gasteiger partial charge in [-0.1, -0.05) is 12.2 Å². The van der Waals surface area contributed by atoms with Gasteiger partial charge in [0.15, 0.2) is 0 Å². The Bertz CT molecular complexity index is 116. The molecular formula is C7H10BF. The number of rotatable bonds is 3. The van der Waals surface area contributed by atoms with Crippen LogP contribution in [0.2, 0.25) is 0 Å². The molecule has 0 rings (SSSR count). The lowest BCUT2D eigenvalue weighted by Gasteiger charge is -1.92. The molecule has 2 heteroatoms. The van der Waals surface area contributed by atoms with Crippen molar-refractivity contribution in [2.24, 2.45) is 0 Å². The molecule has 0 saturated heterocycles. The van der Waals surface area contributed by atoms with Gasteiger partial charge < -0.3 is 0 Å². The van der Waals surface area contributed by atoms with Gasteiger partial charge in [-0.3, -0.25) is 0 Å². The van der Waals surface area contributed by atoms with Crippen LogP contribution in [0.1, 0.15) is 13.3 Å². The molecule has 0 aromatic heterocycles. The minimum absolute atomic E-state index is 0.413. The van der Waals surface area contributed by atoms with Crippen LogP contribution < -0.4 is 0 Å². The normalized spacial score (nSPS) is 14.0. The van der Waals surface area contributed by atoms with Crippen molar-refractivity contribution in [3.8, 4) is 0 Å². The van der Waals surface area contributed by atoms with Gasteiger partial charge in [-0.05, 0) is 13.3 Å². The first kappa shape index (κ1) is 8.47. The Balaban J connectivity index is 3.36. The highest BCUT2D eigenvalue weighted by atomic mass is 19.1. The molecule has 0 unspecified atom stereocenters. The minimum Gasteiger partial charge on any atom is -0.247 e. The van der Waals surface area contributed by atoms with Gasteiger partial charge in [-0.25, -0.2) is 4.39 Å². The first-order chi connectivity index (χ1) is 4.13. The summed E-state index contributed by atoms with van der Waals surface area (Å²) in [4.78, 5) is 0. The third-order valence-electron chi connectivity index (χ3n) is 0.793. The van der Waals surface area contributed by atoms with Crippen LogP contribution >= 0.6 is 0 Å². The Hall–Kier alpha value is -0.525. The topological polar surface area (TPSA) is 0 Å². The van der Waals surface area contributed by atoms with Crippen LogP contribution in [0.4, 0.5) is 4.39 Å². The van der Waals surface area contributed by atoms with Crippen LogP contribution in [0.3, 0.4) is 0 Å². The summed E-state index contributed by atoms with van der Waals surface area (Å²) in [6, 6.07) is 0. The van der Waals surface area contributed by atoms with E-state index in [-0.39, 0.29) is 0 Å². The third-order valence-corrected chi connectivity index (χ3v) is 0.793. The van der Waals surface area contributed by atoms with Crippen LogP contribution in [0.5, 0.6) is 0 Å². The quantitative estimate of drug-likeness (QED) is 0.398. The van der Waals surface area contributed by atoms with Crippen LogP contribution in [0, 0.1) is 0 Å². The van der Waals surface area contributed by atoms with E-state index < -0.39 is 6.17 Å². The smallest absolute Gasteiger partial charge is 0.112 e. The lowest BCUT2D eigenvalue weighted by molar-refractivity contribution is 0.365. The van der Waals surface area contributed by atoms with E-state index in [0.29, 0.717) is 11.9 Å². The summed E-state index contributed by atoms with van der Waals surface area (Å²) in [5, 5.41) is 0.